The molecule has 0 spiro atoms. The molecule has 0 atom stereocenters. The van der Waals surface area contributed by atoms with Crippen molar-refractivity contribution in [3.8, 4) is 11.5 Å². The Balaban J connectivity index is 3.27. The van der Waals surface area contributed by atoms with E-state index in [0.717, 1.165) is 0 Å². The number of allylic oxidation sites excluding steroid dienone is 1. The fraction of sp³-hybridized carbons (Fsp3) is 0.250. The molecule has 0 bridgehead atoms. The molecule has 1 aromatic rings. The number of nitro groups is 1. The van der Waals surface area contributed by atoms with Crippen molar-refractivity contribution in [3.05, 3.63) is 34.4 Å². The average Bonchev–Trinajstić information content (AvgIpc) is 2.38. The predicted octanol–water partition coefficient (Wildman–Crippen LogP) is 2.13. The summed E-state index contributed by atoms with van der Waals surface area (Å²) < 4.78 is 10.0. The highest BCUT2D eigenvalue weighted by molar-refractivity contribution is 6.01. The molecular formula is C12H14N2O5. The van der Waals surface area contributed by atoms with Gasteiger partial charge in [-0.2, -0.15) is 0 Å². The van der Waals surface area contributed by atoms with Gasteiger partial charge in [0.1, 0.15) is 5.69 Å². The van der Waals surface area contributed by atoms with Crippen LogP contribution in [0.3, 0.4) is 0 Å². The van der Waals surface area contributed by atoms with Crippen LogP contribution in [-0.4, -0.2) is 25.1 Å². The fourth-order valence-corrected chi connectivity index (χ4v) is 1.45. The Hall–Kier alpha value is -2.57. The third-order valence-electron chi connectivity index (χ3n) is 2.27. The number of ether oxygens (including phenoxy) is 2. The van der Waals surface area contributed by atoms with E-state index >= 15 is 0 Å². The van der Waals surface area contributed by atoms with Gasteiger partial charge >= 0.3 is 0 Å². The molecular weight excluding hydrogens is 252 g/mol. The topological polar surface area (TPSA) is 90.7 Å². The monoisotopic (exact) mass is 266 g/mol. The van der Waals surface area contributed by atoms with Crippen molar-refractivity contribution in [2.45, 2.75) is 6.92 Å². The summed E-state index contributed by atoms with van der Waals surface area (Å²) >= 11 is 0. The highest BCUT2D eigenvalue weighted by atomic mass is 16.6. The van der Waals surface area contributed by atoms with E-state index in [1.54, 1.807) is 6.92 Å². The molecule has 0 unspecified atom stereocenters. The Morgan fingerprint density at radius 3 is 2.37 bits per heavy atom. The van der Waals surface area contributed by atoms with Gasteiger partial charge in [0.25, 0.3) is 5.69 Å². The van der Waals surface area contributed by atoms with Crippen molar-refractivity contribution in [2.75, 3.05) is 19.5 Å². The second kappa shape index (κ2) is 6.39. The first kappa shape index (κ1) is 14.5. The van der Waals surface area contributed by atoms with Crippen molar-refractivity contribution >= 4 is 17.3 Å². The summed E-state index contributed by atoms with van der Waals surface area (Å²) in [4.78, 5) is 21.8. The third kappa shape index (κ3) is 3.44. The number of rotatable bonds is 5. The molecule has 0 saturated carbocycles. The van der Waals surface area contributed by atoms with Gasteiger partial charge in [-0.1, -0.05) is 6.08 Å². The van der Waals surface area contributed by atoms with Crippen LogP contribution in [-0.2, 0) is 4.79 Å². The van der Waals surface area contributed by atoms with Gasteiger partial charge in [0, 0.05) is 6.07 Å². The van der Waals surface area contributed by atoms with E-state index in [4.69, 9.17) is 9.47 Å². The van der Waals surface area contributed by atoms with Crippen LogP contribution in [0.5, 0.6) is 11.5 Å². The van der Waals surface area contributed by atoms with Gasteiger partial charge in [-0.25, -0.2) is 0 Å². The van der Waals surface area contributed by atoms with E-state index in [9.17, 15) is 14.9 Å². The summed E-state index contributed by atoms with van der Waals surface area (Å²) in [7, 11) is 2.78. The molecule has 7 heteroatoms. The van der Waals surface area contributed by atoms with Gasteiger partial charge < -0.3 is 14.8 Å². The number of nitro benzene ring substituents is 1. The smallest absolute Gasteiger partial charge is 0.296 e. The first-order valence-corrected chi connectivity index (χ1v) is 5.37. The summed E-state index contributed by atoms with van der Waals surface area (Å²) in [5.74, 6) is 0.0555. The lowest BCUT2D eigenvalue weighted by Crippen LogP contribution is -2.10. The minimum Gasteiger partial charge on any atom is -0.493 e. The van der Waals surface area contributed by atoms with Gasteiger partial charge in [0.15, 0.2) is 11.5 Å². The number of amides is 1. The Kier molecular flexibility index (Phi) is 4.87. The normalized spacial score (nSPS) is 10.3. The van der Waals surface area contributed by atoms with Gasteiger partial charge in [0.2, 0.25) is 5.91 Å². The SMILES string of the molecule is C/C=C/C(=O)Nc1cc(OC)c(OC)cc1[N+](=O)[O-]. The molecule has 0 aliphatic carbocycles. The third-order valence-corrected chi connectivity index (χ3v) is 2.27. The second-order valence-corrected chi connectivity index (χ2v) is 3.47. The summed E-state index contributed by atoms with van der Waals surface area (Å²) in [5.41, 5.74) is -0.221. The zero-order chi connectivity index (χ0) is 14.4. The molecule has 0 heterocycles. The Labute approximate surface area is 110 Å². The largest absolute Gasteiger partial charge is 0.493 e. The molecule has 1 amide bonds. The lowest BCUT2D eigenvalue weighted by Gasteiger charge is -2.10. The van der Waals surface area contributed by atoms with E-state index in [-0.39, 0.29) is 17.1 Å². The standard InChI is InChI=1S/C12H14N2O5/c1-4-5-12(15)13-8-6-10(18-2)11(19-3)7-9(8)14(16)17/h4-7H,1-3H3,(H,13,15)/b5-4+. The molecule has 0 aliphatic rings. The Morgan fingerprint density at radius 1 is 1.32 bits per heavy atom. The molecule has 0 radical (unpaired) electrons. The first-order chi connectivity index (χ1) is 9.03. The summed E-state index contributed by atoms with van der Waals surface area (Å²) in [6, 6.07) is 2.54. The van der Waals surface area contributed by atoms with Crippen LogP contribution in [0.4, 0.5) is 11.4 Å². The second-order valence-electron chi connectivity index (χ2n) is 3.47. The highest BCUT2D eigenvalue weighted by Gasteiger charge is 2.20. The van der Waals surface area contributed by atoms with E-state index in [0.29, 0.717) is 5.75 Å². The highest BCUT2D eigenvalue weighted by Crippen LogP contribution is 2.37. The number of carbonyl (C=O) groups excluding carboxylic acids is 1. The molecule has 1 N–H and O–H groups in total. The van der Waals surface area contributed by atoms with Gasteiger partial charge in [-0.3, -0.25) is 14.9 Å². The fourth-order valence-electron chi connectivity index (χ4n) is 1.45. The predicted molar refractivity (Wildman–Crippen MR) is 69.6 cm³/mol. The number of nitrogens with zero attached hydrogens (tertiary/aromatic N) is 1. The average molecular weight is 266 g/mol. The van der Waals surface area contributed by atoms with Crippen LogP contribution >= 0.6 is 0 Å². The van der Waals surface area contributed by atoms with E-state index < -0.39 is 10.8 Å². The quantitative estimate of drug-likeness (QED) is 0.500. The molecule has 7 nitrogen and oxygen atoms in total. The first-order valence-electron chi connectivity index (χ1n) is 5.37. The van der Waals surface area contributed by atoms with Gasteiger partial charge in [-0.15, -0.1) is 0 Å². The van der Waals surface area contributed by atoms with Crippen molar-refractivity contribution in [2.24, 2.45) is 0 Å². The van der Waals surface area contributed by atoms with Crippen molar-refractivity contribution in [1.82, 2.24) is 0 Å². The zero-order valence-electron chi connectivity index (χ0n) is 10.8. The van der Waals surface area contributed by atoms with Crippen LogP contribution in [0.15, 0.2) is 24.3 Å². The molecule has 0 aromatic heterocycles. The number of hydrogen-bond acceptors (Lipinski definition) is 5. The van der Waals surface area contributed by atoms with Crippen molar-refractivity contribution in [1.29, 1.82) is 0 Å². The van der Waals surface area contributed by atoms with E-state index in [1.807, 2.05) is 0 Å². The summed E-state index contributed by atoms with van der Waals surface area (Å²) in [5, 5.41) is 13.4. The van der Waals surface area contributed by atoms with Crippen LogP contribution in [0.2, 0.25) is 0 Å². The minimum absolute atomic E-state index is 0.0470. The molecule has 1 aromatic carbocycles. The maximum absolute atomic E-state index is 11.4. The Bertz CT molecular complexity index is 525. The number of hydrogen-bond donors (Lipinski definition) is 1. The van der Waals surface area contributed by atoms with Crippen LogP contribution in [0.1, 0.15) is 6.92 Å². The number of carbonyl (C=O) groups is 1. The van der Waals surface area contributed by atoms with Gasteiger partial charge in [0.05, 0.1) is 25.2 Å². The zero-order valence-corrected chi connectivity index (χ0v) is 10.8. The maximum Gasteiger partial charge on any atom is 0.296 e. The number of methoxy groups -OCH3 is 2. The molecule has 0 fully saturated rings. The lowest BCUT2D eigenvalue weighted by atomic mass is 10.2. The number of nitrogens with one attached hydrogen (secondary N) is 1. The van der Waals surface area contributed by atoms with E-state index in [1.165, 1.54) is 38.5 Å². The van der Waals surface area contributed by atoms with Crippen LogP contribution < -0.4 is 14.8 Å². The molecule has 1 rings (SSSR count). The number of anilines is 1. The number of benzene rings is 1. The summed E-state index contributed by atoms with van der Waals surface area (Å²) in [6.45, 7) is 1.67. The molecule has 19 heavy (non-hydrogen) atoms. The molecule has 102 valence electrons. The molecule has 0 aliphatic heterocycles. The minimum atomic E-state index is -0.604. The molecule has 0 saturated heterocycles. The lowest BCUT2D eigenvalue weighted by molar-refractivity contribution is -0.384. The van der Waals surface area contributed by atoms with Gasteiger partial charge in [-0.05, 0) is 13.0 Å². The Morgan fingerprint density at radius 2 is 1.89 bits per heavy atom. The summed E-state index contributed by atoms with van der Waals surface area (Å²) in [6.07, 6.45) is 2.79. The van der Waals surface area contributed by atoms with E-state index in [2.05, 4.69) is 5.32 Å². The van der Waals surface area contributed by atoms with Crippen molar-refractivity contribution in [3.63, 3.8) is 0 Å². The maximum atomic E-state index is 11.4. The van der Waals surface area contributed by atoms with Crippen LogP contribution in [0.25, 0.3) is 0 Å². The van der Waals surface area contributed by atoms with Crippen molar-refractivity contribution < 1.29 is 19.2 Å². The van der Waals surface area contributed by atoms with Crippen LogP contribution in [0, 0.1) is 10.1 Å².